The molecule has 2 rings (SSSR count). The van der Waals surface area contributed by atoms with E-state index in [1.54, 1.807) is 5.48 Å². The Hall–Kier alpha value is -1.36. The zero-order chi connectivity index (χ0) is 9.97. The number of hydrogen-bond acceptors (Lipinski definition) is 3. The van der Waals surface area contributed by atoms with Gasteiger partial charge in [0, 0.05) is 12.1 Å². The molecule has 2 bridgehead atoms. The van der Waals surface area contributed by atoms with E-state index in [9.17, 15) is 0 Å². The molecule has 14 heavy (non-hydrogen) atoms. The Labute approximate surface area is 82.4 Å². The lowest BCUT2D eigenvalue weighted by Crippen LogP contribution is -2.27. The van der Waals surface area contributed by atoms with Crippen molar-refractivity contribution in [2.24, 2.45) is 33.7 Å². The second-order valence-corrected chi connectivity index (χ2v) is 3.81. The maximum Gasteiger partial charge on any atom is 0.237 e. The van der Waals surface area contributed by atoms with Gasteiger partial charge in [0.05, 0.1) is 0 Å². The van der Waals surface area contributed by atoms with Crippen molar-refractivity contribution in [1.82, 2.24) is 5.48 Å². The molecular weight excluding hydrogens is 180 g/mol. The van der Waals surface area contributed by atoms with Crippen LogP contribution in [0.3, 0.4) is 0 Å². The minimum absolute atomic E-state index is 0.0834. The summed E-state index contributed by atoms with van der Waals surface area (Å²) in [5, 5.41) is 15.7. The Morgan fingerprint density at radius 2 is 2.36 bits per heavy atom. The Balaban J connectivity index is 1.90. The summed E-state index contributed by atoms with van der Waals surface area (Å²) in [6.45, 7) is 0. The molecule has 0 aromatic rings. The van der Waals surface area contributed by atoms with E-state index >= 15 is 0 Å². The molecule has 1 saturated carbocycles. The van der Waals surface area contributed by atoms with E-state index in [1.807, 2.05) is 6.21 Å². The molecule has 0 radical (unpaired) electrons. The van der Waals surface area contributed by atoms with Crippen molar-refractivity contribution >= 4 is 12.2 Å². The predicted molar refractivity (Wildman–Crippen MR) is 53.9 cm³/mol. The Kier molecular flexibility index (Phi) is 2.49. The van der Waals surface area contributed by atoms with Crippen LogP contribution in [0.4, 0.5) is 0 Å². The lowest BCUT2D eigenvalue weighted by Gasteiger charge is -2.10. The molecule has 76 valence electrons. The fourth-order valence-corrected chi connectivity index (χ4v) is 2.20. The number of allylic oxidation sites excluding steroid dienone is 2. The van der Waals surface area contributed by atoms with Crippen molar-refractivity contribution in [2.75, 3.05) is 0 Å². The van der Waals surface area contributed by atoms with Gasteiger partial charge in [-0.15, -0.1) is 5.10 Å². The summed E-state index contributed by atoms with van der Waals surface area (Å²) in [5.74, 6) is 1.76. The summed E-state index contributed by atoms with van der Waals surface area (Å²) in [7, 11) is 0. The second-order valence-electron chi connectivity index (χ2n) is 3.81. The quantitative estimate of drug-likeness (QED) is 0.259. The highest BCUT2D eigenvalue weighted by molar-refractivity contribution is 5.77. The van der Waals surface area contributed by atoms with E-state index < -0.39 is 0 Å². The van der Waals surface area contributed by atoms with Crippen LogP contribution in [0, 0.1) is 17.8 Å². The summed E-state index contributed by atoms with van der Waals surface area (Å²) in [4.78, 5) is 0. The van der Waals surface area contributed by atoms with E-state index in [0.717, 1.165) is 12.3 Å². The van der Waals surface area contributed by atoms with Crippen LogP contribution in [-0.2, 0) is 0 Å². The van der Waals surface area contributed by atoms with Gasteiger partial charge in [0.25, 0.3) is 0 Å². The van der Waals surface area contributed by atoms with Crippen LogP contribution < -0.4 is 11.2 Å². The van der Waals surface area contributed by atoms with Crippen LogP contribution in [-0.4, -0.2) is 17.4 Å². The van der Waals surface area contributed by atoms with Crippen LogP contribution in [0.5, 0.6) is 0 Å². The molecule has 1 fully saturated rings. The summed E-state index contributed by atoms with van der Waals surface area (Å²) in [6, 6.07) is 0. The molecule has 5 heteroatoms. The highest BCUT2D eigenvalue weighted by Crippen LogP contribution is 2.42. The third-order valence-electron chi connectivity index (χ3n) is 2.87. The summed E-state index contributed by atoms with van der Waals surface area (Å²) in [5.41, 5.74) is 6.92. The van der Waals surface area contributed by atoms with Crippen LogP contribution in [0.25, 0.3) is 0 Å². The van der Waals surface area contributed by atoms with Gasteiger partial charge in [-0.2, -0.15) is 5.10 Å². The van der Waals surface area contributed by atoms with Gasteiger partial charge in [0.1, 0.15) is 0 Å². The fraction of sp³-hybridized carbons (Fsp3) is 0.556. The first-order valence-corrected chi connectivity index (χ1v) is 4.74. The van der Waals surface area contributed by atoms with E-state index in [0.29, 0.717) is 11.8 Å². The van der Waals surface area contributed by atoms with Crippen molar-refractivity contribution in [3.8, 4) is 0 Å². The number of hydrogen-bond donors (Lipinski definition) is 3. The number of fused-ring (bicyclic) bond motifs is 2. The standard InChI is InChI=1S/C9H14N4O/c10-9(13-14)12-11-5-8-4-6-1-2-7(8)3-6/h1-2,5-8,14H,3-4H2,(H3,10,12,13)/b11-5+/t6-,7-,8-/m1/s1. The SMILES string of the molecule is NC(=N/N=C/[C@H]1C[C@@H]2C=C[C@@H]1C2)NO. The van der Waals surface area contributed by atoms with E-state index in [-0.39, 0.29) is 5.96 Å². The van der Waals surface area contributed by atoms with Crippen molar-refractivity contribution in [3.63, 3.8) is 0 Å². The van der Waals surface area contributed by atoms with Crippen molar-refractivity contribution in [2.45, 2.75) is 12.8 Å². The molecule has 0 aromatic heterocycles. The van der Waals surface area contributed by atoms with E-state index in [2.05, 4.69) is 22.4 Å². The number of nitrogens with two attached hydrogens (primary N) is 1. The molecule has 0 spiro atoms. The second kappa shape index (κ2) is 3.79. The van der Waals surface area contributed by atoms with Crippen LogP contribution in [0.1, 0.15) is 12.8 Å². The van der Waals surface area contributed by atoms with Gasteiger partial charge in [-0.05, 0) is 24.7 Å². The van der Waals surface area contributed by atoms with Gasteiger partial charge in [-0.25, -0.2) is 5.48 Å². The molecule has 4 N–H and O–H groups in total. The van der Waals surface area contributed by atoms with Crippen LogP contribution in [0.15, 0.2) is 22.4 Å². The largest absolute Gasteiger partial charge is 0.367 e. The van der Waals surface area contributed by atoms with Crippen LogP contribution >= 0.6 is 0 Å². The molecule has 2 aliphatic carbocycles. The predicted octanol–water partition coefficient (Wildman–Crippen LogP) is 0.478. The number of guanidine groups is 1. The summed E-state index contributed by atoms with van der Waals surface area (Å²) in [6.07, 6.45) is 8.75. The average Bonchev–Trinajstić information content (AvgIpc) is 2.79. The highest BCUT2D eigenvalue weighted by atomic mass is 16.5. The van der Waals surface area contributed by atoms with Gasteiger partial charge in [-0.1, -0.05) is 12.2 Å². The van der Waals surface area contributed by atoms with Crippen molar-refractivity contribution in [3.05, 3.63) is 12.2 Å². The summed E-state index contributed by atoms with van der Waals surface area (Å²) >= 11 is 0. The molecule has 0 saturated heterocycles. The average molecular weight is 194 g/mol. The first-order valence-electron chi connectivity index (χ1n) is 4.74. The zero-order valence-corrected chi connectivity index (χ0v) is 7.80. The third-order valence-corrected chi connectivity index (χ3v) is 2.87. The Bertz CT molecular complexity index is 297. The molecule has 5 nitrogen and oxygen atoms in total. The number of rotatable bonds is 2. The van der Waals surface area contributed by atoms with Gasteiger partial charge in [-0.3, -0.25) is 5.21 Å². The maximum absolute atomic E-state index is 8.34. The van der Waals surface area contributed by atoms with E-state index in [4.69, 9.17) is 10.9 Å². The Morgan fingerprint density at radius 1 is 1.50 bits per heavy atom. The smallest absolute Gasteiger partial charge is 0.237 e. The molecule has 0 aliphatic heterocycles. The summed E-state index contributed by atoms with van der Waals surface area (Å²) < 4.78 is 0. The van der Waals surface area contributed by atoms with Crippen molar-refractivity contribution < 1.29 is 5.21 Å². The lowest BCUT2D eigenvalue weighted by molar-refractivity contribution is 0.232. The van der Waals surface area contributed by atoms with E-state index in [1.165, 1.54) is 6.42 Å². The lowest BCUT2D eigenvalue weighted by atomic mass is 9.95. The van der Waals surface area contributed by atoms with Gasteiger partial charge in [0.15, 0.2) is 0 Å². The molecule has 0 unspecified atom stereocenters. The monoisotopic (exact) mass is 194 g/mol. The number of nitrogens with zero attached hydrogens (tertiary/aromatic N) is 2. The van der Waals surface area contributed by atoms with Crippen LogP contribution in [0.2, 0.25) is 0 Å². The first kappa shape index (κ1) is 9.21. The number of nitrogens with one attached hydrogen (secondary N) is 1. The van der Waals surface area contributed by atoms with Gasteiger partial charge < -0.3 is 5.73 Å². The molecule has 0 aromatic carbocycles. The van der Waals surface area contributed by atoms with Gasteiger partial charge >= 0.3 is 0 Å². The highest BCUT2D eigenvalue weighted by Gasteiger charge is 2.34. The molecule has 3 atom stereocenters. The van der Waals surface area contributed by atoms with Crippen molar-refractivity contribution in [1.29, 1.82) is 0 Å². The molecule has 0 heterocycles. The first-order chi connectivity index (χ1) is 6.79. The normalized spacial score (nSPS) is 35.8. The van der Waals surface area contributed by atoms with Gasteiger partial charge in [0.2, 0.25) is 5.96 Å². The molecular formula is C9H14N4O. The third kappa shape index (κ3) is 1.77. The Morgan fingerprint density at radius 3 is 2.93 bits per heavy atom. The number of hydroxylamine groups is 1. The molecule has 2 aliphatic rings. The zero-order valence-electron chi connectivity index (χ0n) is 7.80. The topological polar surface area (TPSA) is 83.0 Å². The maximum atomic E-state index is 8.34. The minimum Gasteiger partial charge on any atom is -0.367 e. The molecule has 0 amide bonds. The minimum atomic E-state index is -0.0834. The fourth-order valence-electron chi connectivity index (χ4n) is 2.20.